The lowest BCUT2D eigenvalue weighted by molar-refractivity contribution is 0.0886. The van der Waals surface area contributed by atoms with Gasteiger partial charge in [0.05, 0.1) is 16.8 Å². The molecular weight excluding hydrogens is 292 g/mol. The molecule has 0 spiro atoms. The van der Waals surface area contributed by atoms with Gasteiger partial charge in [-0.15, -0.1) is 0 Å². The Balaban J connectivity index is 2.14. The molecule has 2 N–H and O–H groups in total. The van der Waals surface area contributed by atoms with Gasteiger partial charge < -0.3 is 10.2 Å². The molecule has 102 valence electrons. The summed E-state index contributed by atoms with van der Waals surface area (Å²) in [5, 5.41) is 0. The van der Waals surface area contributed by atoms with E-state index in [1.807, 2.05) is 6.07 Å². The summed E-state index contributed by atoms with van der Waals surface area (Å²) in [6.45, 7) is 2.94. The van der Waals surface area contributed by atoms with Crippen LogP contribution in [-0.2, 0) is 0 Å². The van der Waals surface area contributed by atoms with Gasteiger partial charge in [0.15, 0.2) is 0 Å². The molecular formula is C14H23BrN2O. The normalized spacial score (nSPS) is 26.5. The predicted molar refractivity (Wildman–Crippen MR) is 77.4 cm³/mol. The molecule has 0 amide bonds. The Hall–Kier alpha value is -0.320. The highest BCUT2D eigenvalue weighted by Crippen LogP contribution is 2.34. The van der Waals surface area contributed by atoms with E-state index in [9.17, 15) is 0 Å². The van der Waals surface area contributed by atoms with E-state index in [2.05, 4.69) is 34.8 Å². The average molecular weight is 315 g/mol. The SMILES string of the molecule is CC1CCCCC1N(C)C(CN)c1occc1Br. The van der Waals surface area contributed by atoms with E-state index >= 15 is 0 Å². The van der Waals surface area contributed by atoms with Crippen molar-refractivity contribution in [2.24, 2.45) is 11.7 Å². The lowest BCUT2D eigenvalue weighted by Crippen LogP contribution is -2.43. The van der Waals surface area contributed by atoms with E-state index < -0.39 is 0 Å². The summed E-state index contributed by atoms with van der Waals surface area (Å²) >= 11 is 3.54. The van der Waals surface area contributed by atoms with Crippen molar-refractivity contribution in [2.75, 3.05) is 13.6 Å². The topological polar surface area (TPSA) is 42.4 Å². The zero-order chi connectivity index (χ0) is 13.1. The van der Waals surface area contributed by atoms with E-state index in [-0.39, 0.29) is 6.04 Å². The third kappa shape index (κ3) is 2.81. The van der Waals surface area contributed by atoms with Gasteiger partial charge in [0.25, 0.3) is 0 Å². The molecule has 1 saturated carbocycles. The highest BCUT2D eigenvalue weighted by Gasteiger charge is 2.31. The van der Waals surface area contributed by atoms with Crippen LogP contribution in [0.3, 0.4) is 0 Å². The first-order chi connectivity index (χ1) is 8.65. The van der Waals surface area contributed by atoms with Crippen molar-refractivity contribution in [3.63, 3.8) is 0 Å². The quantitative estimate of drug-likeness (QED) is 0.924. The third-order valence-corrected chi connectivity index (χ3v) is 4.91. The Labute approximate surface area is 118 Å². The first-order valence-corrected chi connectivity index (χ1v) is 7.59. The van der Waals surface area contributed by atoms with Gasteiger partial charge in [0.1, 0.15) is 5.76 Å². The molecule has 3 unspecified atom stereocenters. The number of rotatable bonds is 4. The van der Waals surface area contributed by atoms with Crippen molar-refractivity contribution in [1.82, 2.24) is 4.90 Å². The van der Waals surface area contributed by atoms with Crippen LogP contribution in [-0.4, -0.2) is 24.5 Å². The molecule has 1 aromatic rings. The van der Waals surface area contributed by atoms with Crippen molar-refractivity contribution < 1.29 is 4.42 Å². The Morgan fingerprint density at radius 3 is 2.78 bits per heavy atom. The molecule has 1 fully saturated rings. The fourth-order valence-electron chi connectivity index (χ4n) is 3.13. The van der Waals surface area contributed by atoms with Gasteiger partial charge in [-0.1, -0.05) is 19.8 Å². The lowest BCUT2D eigenvalue weighted by Gasteiger charge is -2.39. The van der Waals surface area contributed by atoms with Crippen molar-refractivity contribution in [3.05, 3.63) is 22.6 Å². The summed E-state index contributed by atoms with van der Waals surface area (Å²) in [6.07, 6.45) is 7.01. The Morgan fingerprint density at radius 2 is 2.22 bits per heavy atom. The molecule has 18 heavy (non-hydrogen) atoms. The van der Waals surface area contributed by atoms with Crippen LogP contribution >= 0.6 is 15.9 Å². The van der Waals surface area contributed by atoms with Crippen molar-refractivity contribution >= 4 is 15.9 Å². The second kappa shape index (κ2) is 6.22. The highest BCUT2D eigenvalue weighted by atomic mass is 79.9. The smallest absolute Gasteiger partial charge is 0.136 e. The standard InChI is InChI=1S/C14H23BrN2O/c1-10-5-3-4-6-12(10)17(2)13(9-16)14-11(15)7-8-18-14/h7-8,10,12-13H,3-6,9,16H2,1-2H3. The Kier molecular flexibility index (Phi) is 4.87. The van der Waals surface area contributed by atoms with Crippen LogP contribution in [0.1, 0.15) is 44.4 Å². The number of hydrogen-bond acceptors (Lipinski definition) is 3. The first kappa shape index (κ1) is 14.1. The summed E-state index contributed by atoms with van der Waals surface area (Å²) in [6, 6.07) is 2.72. The molecule has 3 nitrogen and oxygen atoms in total. The zero-order valence-corrected chi connectivity index (χ0v) is 12.8. The van der Waals surface area contributed by atoms with E-state index in [1.165, 1.54) is 25.7 Å². The fraction of sp³-hybridized carbons (Fsp3) is 0.714. The Morgan fingerprint density at radius 1 is 1.50 bits per heavy atom. The van der Waals surface area contributed by atoms with E-state index in [0.717, 1.165) is 16.2 Å². The zero-order valence-electron chi connectivity index (χ0n) is 11.2. The predicted octanol–water partition coefficient (Wildman–Crippen LogP) is 3.55. The summed E-state index contributed by atoms with van der Waals surface area (Å²) in [5.41, 5.74) is 5.96. The van der Waals surface area contributed by atoms with Gasteiger partial charge in [-0.3, -0.25) is 4.90 Å². The van der Waals surface area contributed by atoms with Gasteiger partial charge in [-0.05, 0) is 47.8 Å². The lowest BCUT2D eigenvalue weighted by atomic mass is 9.84. The van der Waals surface area contributed by atoms with Gasteiger partial charge in [0, 0.05) is 12.6 Å². The minimum Gasteiger partial charge on any atom is -0.466 e. The molecule has 1 aliphatic carbocycles. The third-order valence-electron chi connectivity index (χ3n) is 4.25. The molecule has 2 rings (SSSR count). The molecule has 3 atom stereocenters. The van der Waals surface area contributed by atoms with Crippen molar-refractivity contribution in [3.8, 4) is 0 Å². The molecule has 1 aromatic heterocycles. The molecule has 4 heteroatoms. The number of nitrogens with zero attached hydrogens (tertiary/aromatic N) is 1. The number of nitrogens with two attached hydrogens (primary N) is 1. The number of hydrogen-bond donors (Lipinski definition) is 1. The highest BCUT2D eigenvalue weighted by molar-refractivity contribution is 9.10. The summed E-state index contributed by atoms with van der Waals surface area (Å²) < 4.78 is 6.62. The van der Waals surface area contributed by atoms with Crippen molar-refractivity contribution in [2.45, 2.75) is 44.7 Å². The summed E-state index contributed by atoms with van der Waals surface area (Å²) in [7, 11) is 2.18. The second-order valence-electron chi connectivity index (χ2n) is 5.38. The minimum absolute atomic E-state index is 0.167. The van der Waals surface area contributed by atoms with Gasteiger partial charge in [0.2, 0.25) is 0 Å². The largest absolute Gasteiger partial charge is 0.466 e. The summed E-state index contributed by atoms with van der Waals surface area (Å²) in [5.74, 6) is 1.70. The molecule has 0 radical (unpaired) electrons. The maximum atomic E-state index is 5.96. The van der Waals surface area contributed by atoms with Crippen LogP contribution < -0.4 is 5.73 Å². The van der Waals surface area contributed by atoms with Gasteiger partial charge >= 0.3 is 0 Å². The van der Waals surface area contributed by atoms with Crippen LogP contribution in [0, 0.1) is 5.92 Å². The molecule has 1 heterocycles. The molecule has 0 bridgehead atoms. The van der Waals surface area contributed by atoms with Crippen LogP contribution in [0.2, 0.25) is 0 Å². The molecule has 0 saturated heterocycles. The van der Waals surface area contributed by atoms with E-state index in [1.54, 1.807) is 6.26 Å². The van der Waals surface area contributed by atoms with Crippen molar-refractivity contribution in [1.29, 1.82) is 0 Å². The molecule has 1 aliphatic rings. The molecule has 0 aliphatic heterocycles. The Bertz CT molecular complexity index is 380. The maximum Gasteiger partial charge on any atom is 0.136 e. The number of likely N-dealkylation sites (N-methyl/N-ethyl adjacent to an activating group) is 1. The van der Waals surface area contributed by atoms with E-state index in [0.29, 0.717) is 12.6 Å². The van der Waals surface area contributed by atoms with Crippen LogP contribution in [0.5, 0.6) is 0 Å². The minimum atomic E-state index is 0.167. The maximum absolute atomic E-state index is 5.96. The fourth-order valence-corrected chi connectivity index (χ4v) is 3.60. The first-order valence-electron chi connectivity index (χ1n) is 6.80. The summed E-state index contributed by atoms with van der Waals surface area (Å²) in [4.78, 5) is 2.41. The van der Waals surface area contributed by atoms with Gasteiger partial charge in [-0.2, -0.15) is 0 Å². The average Bonchev–Trinajstić information content (AvgIpc) is 2.77. The monoisotopic (exact) mass is 314 g/mol. The van der Waals surface area contributed by atoms with Crippen LogP contribution in [0.25, 0.3) is 0 Å². The number of furan rings is 1. The van der Waals surface area contributed by atoms with E-state index in [4.69, 9.17) is 10.2 Å². The van der Waals surface area contributed by atoms with Crippen LogP contribution in [0.15, 0.2) is 21.2 Å². The van der Waals surface area contributed by atoms with Crippen LogP contribution in [0.4, 0.5) is 0 Å². The number of halogens is 1. The molecule has 0 aromatic carbocycles. The van der Waals surface area contributed by atoms with Gasteiger partial charge in [-0.25, -0.2) is 0 Å². The second-order valence-corrected chi connectivity index (χ2v) is 6.23.